The van der Waals surface area contributed by atoms with Gasteiger partial charge in [0.05, 0.1) is 18.3 Å². The van der Waals surface area contributed by atoms with E-state index >= 15 is 0 Å². The van der Waals surface area contributed by atoms with Crippen molar-refractivity contribution in [1.29, 1.82) is 0 Å². The second-order valence-corrected chi connectivity index (χ2v) is 5.21. The molecule has 1 heterocycles. The predicted molar refractivity (Wildman–Crippen MR) is 55.0 cm³/mol. The first-order chi connectivity index (χ1) is 6.32. The Morgan fingerprint density at radius 3 is 2.29 bits per heavy atom. The number of aliphatic hydroxyl groups excluding tert-OH is 1. The summed E-state index contributed by atoms with van der Waals surface area (Å²) >= 11 is 0. The molecule has 0 spiro atoms. The summed E-state index contributed by atoms with van der Waals surface area (Å²) in [6, 6.07) is 0. The SMILES string of the molecule is CC(C)C1COC(C(C)(C)O)C(O)C1. The van der Waals surface area contributed by atoms with Gasteiger partial charge < -0.3 is 14.9 Å². The summed E-state index contributed by atoms with van der Waals surface area (Å²) in [5.41, 5.74) is -0.957. The van der Waals surface area contributed by atoms with Crippen LogP contribution in [0, 0.1) is 11.8 Å². The lowest BCUT2D eigenvalue weighted by Crippen LogP contribution is -2.51. The molecule has 84 valence electrons. The van der Waals surface area contributed by atoms with Crippen molar-refractivity contribution in [1.82, 2.24) is 0 Å². The van der Waals surface area contributed by atoms with Crippen LogP contribution >= 0.6 is 0 Å². The minimum atomic E-state index is -0.957. The van der Waals surface area contributed by atoms with E-state index in [0.29, 0.717) is 18.4 Å². The smallest absolute Gasteiger partial charge is 0.111 e. The molecular weight excluding hydrogens is 180 g/mol. The van der Waals surface area contributed by atoms with Gasteiger partial charge in [-0.3, -0.25) is 0 Å². The lowest BCUT2D eigenvalue weighted by atomic mass is 9.83. The van der Waals surface area contributed by atoms with E-state index in [2.05, 4.69) is 13.8 Å². The first-order valence-corrected chi connectivity index (χ1v) is 5.34. The average Bonchev–Trinajstić information content (AvgIpc) is 2.01. The van der Waals surface area contributed by atoms with Crippen molar-refractivity contribution < 1.29 is 14.9 Å². The molecule has 1 rings (SSSR count). The highest BCUT2D eigenvalue weighted by Gasteiger charge is 2.39. The molecule has 0 aliphatic carbocycles. The molecule has 1 aliphatic heterocycles. The molecule has 0 aromatic carbocycles. The molecule has 0 aromatic rings. The topological polar surface area (TPSA) is 49.7 Å². The monoisotopic (exact) mass is 202 g/mol. The molecule has 3 heteroatoms. The Kier molecular flexibility index (Phi) is 3.56. The Bertz CT molecular complexity index is 183. The highest BCUT2D eigenvalue weighted by molar-refractivity contribution is 4.89. The molecule has 14 heavy (non-hydrogen) atoms. The molecule has 0 bridgehead atoms. The largest absolute Gasteiger partial charge is 0.390 e. The van der Waals surface area contributed by atoms with Crippen LogP contribution in [0.3, 0.4) is 0 Å². The van der Waals surface area contributed by atoms with Gasteiger partial charge in [-0.2, -0.15) is 0 Å². The third-order valence-electron chi connectivity index (χ3n) is 3.02. The zero-order valence-electron chi connectivity index (χ0n) is 9.53. The molecule has 0 radical (unpaired) electrons. The molecule has 2 N–H and O–H groups in total. The van der Waals surface area contributed by atoms with Crippen molar-refractivity contribution in [3.8, 4) is 0 Å². The Balaban J connectivity index is 2.56. The fourth-order valence-electron chi connectivity index (χ4n) is 1.98. The first kappa shape index (κ1) is 12.0. The van der Waals surface area contributed by atoms with Crippen LogP contribution < -0.4 is 0 Å². The summed E-state index contributed by atoms with van der Waals surface area (Å²) in [5, 5.41) is 19.6. The van der Waals surface area contributed by atoms with Crippen molar-refractivity contribution in [2.45, 2.75) is 51.9 Å². The summed E-state index contributed by atoms with van der Waals surface area (Å²) in [6.45, 7) is 8.26. The Morgan fingerprint density at radius 1 is 1.36 bits per heavy atom. The van der Waals surface area contributed by atoms with Crippen molar-refractivity contribution >= 4 is 0 Å². The molecular formula is C11H22O3. The Hall–Kier alpha value is -0.120. The fraction of sp³-hybridized carbons (Fsp3) is 1.00. The quantitative estimate of drug-likeness (QED) is 0.707. The molecule has 1 fully saturated rings. The third kappa shape index (κ3) is 2.69. The zero-order chi connectivity index (χ0) is 10.9. The summed E-state index contributed by atoms with van der Waals surface area (Å²) in [4.78, 5) is 0. The normalized spacial score (nSPS) is 34.9. The van der Waals surface area contributed by atoms with Crippen LogP contribution in [0.5, 0.6) is 0 Å². The molecule has 3 unspecified atom stereocenters. The summed E-state index contributed by atoms with van der Waals surface area (Å²) in [5.74, 6) is 0.927. The van der Waals surface area contributed by atoms with Crippen molar-refractivity contribution in [3.63, 3.8) is 0 Å². The van der Waals surface area contributed by atoms with Crippen molar-refractivity contribution in [2.75, 3.05) is 6.61 Å². The van der Waals surface area contributed by atoms with Gasteiger partial charge in [0.15, 0.2) is 0 Å². The molecule has 3 nitrogen and oxygen atoms in total. The number of rotatable bonds is 2. The van der Waals surface area contributed by atoms with Crippen LogP contribution in [-0.2, 0) is 4.74 Å². The van der Waals surface area contributed by atoms with E-state index in [1.807, 2.05) is 0 Å². The van der Waals surface area contributed by atoms with Crippen LogP contribution in [-0.4, -0.2) is 34.6 Å². The standard InChI is InChI=1S/C11H22O3/c1-7(2)8-5-9(12)10(14-6-8)11(3,4)13/h7-10,12-13H,5-6H2,1-4H3. The number of hydrogen-bond donors (Lipinski definition) is 2. The highest BCUT2D eigenvalue weighted by Crippen LogP contribution is 2.30. The van der Waals surface area contributed by atoms with E-state index in [0.717, 1.165) is 6.42 Å². The van der Waals surface area contributed by atoms with E-state index in [1.54, 1.807) is 13.8 Å². The molecule has 1 aliphatic rings. The highest BCUT2D eigenvalue weighted by atomic mass is 16.5. The number of aliphatic hydroxyl groups is 2. The van der Waals surface area contributed by atoms with Gasteiger partial charge >= 0.3 is 0 Å². The van der Waals surface area contributed by atoms with Gasteiger partial charge in [0.1, 0.15) is 6.10 Å². The van der Waals surface area contributed by atoms with E-state index < -0.39 is 17.8 Å². The van der Waals surface area contributed by atoms with Gasteiger partial charge in [-0.15, -0.1) is 0 Å². The maximum absolute atomic E-state index is 9.84. The van der Waals surface area contributed by atoms with Crippen molar-refractivity contribution in [3.05, 3.63) is 0 Å². The van der Waals surface area contributed by atoms with Gasteiger partial charge in [-0.05, 0) is 32.1 Å². The molecule has 0 amide bonds. The fourth-order valence-corrected chi connectivity index (χ4v) is 1.98. The third-order valence-corrected chi connectivity index (χ3v) is 3.02. The number of ether oxygens (including phenoxy) is 1. The van der Waals surface area contributed by atoms with Crippen LogP contribution in [0.15, 0.2) is 0 Å². The molecule has 0 saturated carbocycles. The van der Waals surface area contributed by atoms with Crippen LogP contribution in [0.4, 0.5) is 0 Å². The minimum Gasteiger partial charge on any atom is -0.390 e. The maximum Gasteiger partial charge on any atom is 0.111 e. The summed E-state index contributed by atoms with van der Waals surface area (Å²) < 4.78 is 5.53. The zero-order valence-corrected chi connectivity index (χ0v) is 9.53. The molecule has 3 atom stereocenters. The Morgan fingerprint density at radius 2 is 1.93 bits per heavy atom. The van der Waals surface area contributed by atoms with E-state index in [9.17, 15) is 10.2 Å². The lowest BCUT2D eigenvalue weighted by molar-refractivity contribution is -0.179. The average molecular weight is 202 g/mol. The van der Waals surface area contributed by atoms with Crippen molar-refractivity contribution in [2.24, 2.45) is 11.8 Å². The predicted octanol–water partition coefficient (Wildman–Crippen LogP) is 1.18. The van der Waals surface area contributed by atoms with Crippen LogP contribution in [0.2, 0.25) is 0 Å². The van der Waals surface area contributed by atoms with Crippen LogP contribution in [0.25, 0.3) is 0 Å². The second kappa shape index (κ2) is 4.17. The van der Waals surface area contributed by atoms with E-state index in [1.165, 1.54) is 0 Å². The van der Waals surface area contributed by atoms with Gasteiger partial charge in [0.25, 0.3) is 0 Å². The second-order valence-electron chi connectivity index (χ2n) is 5.21. The van der Waals surface area contributed by atoms with Gasteiger partial charge in [-0.25, -0.2) is 0 Å². The summed E-state index contributed by atoms with van der Waals surface area (Å²) in [7, 11) is 0. The first-order valence-electron chi connectivity index (χ1n) is 5.34. The van der Waals surface area contributed by atoms with Crippen LogP contribution in [0.1, 0.15) is 34.1 Å². The maximum atomic E-state index is 9.84. The summed E-state index contributed by atoms with van der Waals surface area (Å²) in [6.07, 6.45) is -0.263. The van der Waals surface area contributed by atoms with Gasteiger partial charge in [-0.1, -0.05) is 13.8 Å². The van der Waals surface area contributed by atoms with E-state index in [-0.39, 0.29) is 0 Å². The molecule has 0 aromatic heterocycles. The Labute approximate surface area is 86.1 Å². The number of hydrogen-bond acceptors (Lipinski definition) is 3. The molecule has 1 saturated heterocycles. The van der Waals surface area contributed by atoms with Gasteiger partial charge in [0.2, 0.25) is 0 Å². The lowest BCUT2D eigenvalue weighted by Gasteiger charge is -2.40. The van der Waals surface area contributed by atoms with Gasteiger partial charge in [0, 0.05) is 0 Å². The minimum absolute atomic E-state index is 0.406. The van der Waals surface area contributed by atoms with E-state index in [4.69, 9.17) is 4.74 Å².